The van der Waals surface area contributed by atoms with E-state index in [1.165, 1.54) is 11.3 Å². The Hall–Kier alpha value is -0.460. The van der Waals surface area contributed by atoms with E-state index in [0.29, 0.717) is 4.88 Å². The second kappa shape index (κ2) is 5.05. The van der Waals surface area contributed by atoms with Crippen LogP contribution in [-0.2, 0) is 0 Å². The van der Waals surface area contributed by atoms with E-state index in [2.05, 4.69) is 21.2 Å². The van der Waals surface area contributed by atoms with E-state index in [0.717, 1.165) is 9.35 Å². The molecule has 0 saturated heterocycles. The molecule has 0 saturated carbocycles. The molecule has 1 unspecified atom stereocenters. The van der Waals surface area contributed by atoms with Crippen LogP contribution in [0.1, 0.15) is 22.2 Å². The average Bonchev–Trinajstić information content (AvgIpc) is 2.46. The van der Waals surface area contributed by atoms with Crippen LogP contribution >= 0.6 is 39.5 Å². The number of halogens is 1. The lowest BCUT2D eigenvalue weighted by atomic mass is 10.3. The van der Waals surface area contributed by atoms with Gasteiger partial charge in [0.25, 0.3) is 5.91 Å². The molecule has 15 heavy (non-hydrogen) atoms. The Kier molecular flexibility index (Phi) is 4.24. The van der Waals surface area contributed by atoms with Gasteiger partial charge in [-0.25, -0.2) is 0 Å². The van der Waals surface area contributed by atoms with Crippen LogP contribution in [0.15, 0.2) is 9.85 Å². The molecule has 0 fully saturated rings. The van der Waals surface area contributed by atoms with Crippen molar-refractivity contribution in [3.8, 4) is 0 Å². The summed E-state index contributed by atoms with van der Waals surface area (Å²) in [6.07, 6.45) is 0. The number of hydrogen-bond donors (Lipinski definition) is 2. The van der Waals surface area contributed by atoms with Gasteiger partial charge in [0.1, 0.15) is 0 Å². The summed E-state index contributed by atoms with van der Waals surface area (Å²) >= 11 is 9.54. The number of nitrogens with two attached hydrogens (primary N) is 1. The molecule has 3 N–H and O–H groups in total. The predicted molar refractivity (Wildman–Crippen MR) is 70.5 cm³/mol. The van der Waals surface area contributed by atoms with Gasteiger partial charge in [-0.05, 0) is 41.4 Å². The van der Waals surface area contributed by atoms with Crippen molar-refractivity contribution in [2.75, 3.05) is 0 Å². The van der Waals surface area contributed by atoms with E-state index in [4.69, 9.17) is 18.0 Å². The van der Waals surface area contributed by atoms with Crippen molar-refractivity contribution in [1.82, 2.24) is 5.32 Å². The summed E-state index contributed by atoms with van der Waals surface area (Å²) in [5.74, 6) is -0.144. The van der Waals surface area contributed by atoms with Crippen molar-refractivity contribution < 1.29 is 4.79 Å². The minimum absolute atomic E-state index is 0.144. The number of hydrogen-bond acceptors (Lipinski definition) is 3. The van der Waals surface area contributed by atoms with E-state index in [1.54, 1.807) is 6.92 Å². The van der Waals surface area contributed by atoms with E-state index in [1.807, 2.05) is 13.0 Å². The van der Waals surface area contributed by atoms with Gasteiger partial charge >= 0.3 is 0 Å². The quantitative estimate of drug-likeness (QED) is 0.842. The van der Waals surface area contributed by atoms with Gasteiger partial charge in [-0.2, -0.15) is 0 Å². The molecule has 6 heteroatoms. The van der Waals surface area contributed by atoms with Gasteiger partial charge in [-0.1, -0.05) is 12.2 Å². The first-order chi connectivity index (χ1) is 6.91. The maximum atomic E-state index is 11.7. The van der Waals surface area contributed by atoms with Crippen LogP contribution in [0, 0.1) is 6.92 Å². The van der Waals surface area contributed by atoms with Gasteiger partial charge in [0.15, 0.2) is 0 Å². The molecule has 0 aliphatic rings. The van der Waals surface area contributed by atoms with Crippen molar-refractivity contribution in [3.05, 3.63) is 20.3 Å². The standard InChI is InChI=1S/C9H11BrN2OS2/c1-4-3-6(15-7(4)10)9(13)12-5(2)8(11)14/h3,5H,1-2H3,(H2,11,14)(H,12,13). The second-order valence-electron chi connectivity index (χ2n) is 3.16. The zero-order valence-corrected chi connectivity index (χ0v) is 11.6. The van der Waals surface area contributed by atoms with Crippen molar-refractivity contribution in [2.24, 2.45) is 5.73 Å². The molecule has 1 atom stereocenters. The maximum absolute atomic E-state index is 11.7. The van der Waals surface area contributed by atoms with Crippen LogP contribution in [0.2, 0.25) is 0 Å². The Balaban J connectivity index is 2.73. The third-order valence-electron chi connectivity index (χ3n) is 1.86. The van der Waals surface area contributed by atoms with E-state index in [9.17, 15) is 4.79 Å². The first kappa shape index (κ1) is 12.6. The zero-order chi connectivity index (χ0) is 11.6. The Bertz CT molecular complexity index is 383. The number of thiocarbonyl (C=S) groups is 1. The van der Waals surface area contributed by atoms with Gasteiger partial charge in [-0.15, -0.1) is 11.3 Å². The topological polar surface area (TPSA) is 55.1 Å². The van der Waals surface area contributed by atoms with E-state index in [-0.39, 0.29) is 16.9 Å². The molecule has 1 heterocycles. The number of carbonyl (C=O) groups excluding carboxylic acids is 1. The molecule has 1 rings (SSSR count). The maximum Gasteiger partial charge on any atom is 0.261 e. The number of aryl methyl sites for hydroxylation is 1. The summed E-state index contributed by atoms with van der Waals surface area (Å²) < 4.78 is 0.968. The van der Waals surface area contributed by atoms with Gasteiger partial charge in [0, 0.05) is 0 Å². The molecule has 0 radical (unpaired) electrons. The molecule has 0 spiro atoms. The third-order valence-corrected chi connectivity index (χ3v) is 4.34. The zero-order valence-electron chi connectivity index (χ0n) is 8.33. The molecule has 1 aromatic rings. The fourth-order valence-electron chi connectivity index (χ4n) is 0.911. The Morgan fingerprint density at radius 1 is 1.73 bits per heavy atom. The molecule has 3 nitrogen and oxygen atoms in total. The Morgan fingerprint density at radius 3 is 2.73 bits per heavy atom. The van der Waals surface area contributed by atoms with Crippen molar-refractivity contribution in [1.29, 1.82) is 0 Å². The first-order valence-corrected chi connectivity index (χ1v) is 6.29. The summed E-state index contributed by atoms with van der Waals surface area (Å²) in [5, 5.41) is 2.72. The number of rotatable bonds is 3. The molecule has 1 aromatic heterocycles. The second-order valence-corrected chi connectivity index (χ2v) is 6.01. The molecule has 0 aliphatic carbocycles. The fraction of sp³-hybridized carbons (Fsp3) is 0.333. The number of nitrogens with one attached hydrogen (secondary N) is 1. The van der Waals surface area contributed by atoms with Crippen LogP contribution in [0.3, 0.4) is 0 Å². The third kappa shape index (κ3) is 3.25. The molecule has 0 bridgehead atoms. The molecule has 82 valence electrons. The fourth-order valence-corrected chi connectivity index (χ4v) is 2.41. The van der Waals surface area contributed by atoms with Crippen LogP contribution in [0.25, 0.3) is 0 Å². The van der Waals surface area contributed by atoms with Crippen LogP contribution < -0.4 is 11.1 Å². The summed E-state index contributed by atoms with van der Waals surface area (Å²) in [5.41, 5.74) is 6.46. The van der Waals surface area contributed by atoms with Crippen LogP contribution in [0.5, 0.6) is 0 Å². The van der Waals surface area contributed by atoms with Gasteiger partial charge in [0.2, 0.25) is 0 Å². The van der Waals surface area contributed by atoms with Crippen molar-refractivity contribution in [2.45, 2.75) is 19.9 Å². The number of thiophene rings is 1. The first-order valence-electron chi connectivity index (χ1n) is 4.28. The highest BCUT2D eigenvalue weighted by molar-refractivity contribution is 9.11. The molecule has 0 aromatic carbocycles. The summed E-state index contributed by atoms with van der Waals surface area (Å²) in [6, 6.07) is 1.55. The average molecular weight is 307 g/mol. The molecular weight excluding hydrogens is 296 g/mol. The lowest BCUT2D eigenvalue weighted by molar-refractivity contribution is 0.0953. The Morgan fingerprint density at radius 2 is 2.33 bits per heavy atom. The van der Waals surface area contributed by atoms with Gasteiger partial charge < -0.3 is 11.1 Å². The minimum atomic E-state index is -0.284. The highest BCUT2D eigenvalue weighted by atomic mass is 79.9. The van der Waals surface area contributed by atoms with Crippen molar-refractivity contribution >= 4 is 50.4 Å². The van der Waals surface area contributed by atoms with Gasteiger partial charge in [-0.3, -0.25) is 4.79 Å². The highest BCUT2D eigenvalue weighted by Crippen LogP contribution is 2.27. The summed E-state index contributed by atoms with van der Waals surface area (Å²) in [4.78, 5) is 12.6. The summed E-state index contributed by atoms with van der Waals surface area (Å²) in [6.45, 7) is 3.70. The largest absolute Gasteiger partial charge is 0.392 e. The van der Waals surface area contributed by atoms with E-state index < -0.39 is 0 Å². The van der Waals surface area contributed by atoms with Crippen LogP contribution in [0.4, 0.5) is 0 Å². The molecular formula is C9H11BrN2OS2. The lowest BCUT2D eigenvalue weighted by Crippen LogP contribution is -2.40. The van der Waals surface area contributed by atoms with Crippen molar-refractivity contribution in [3.63, 3.8) is 0 Å². The highest BCUT2D eigenvalue weighted by Gasteiger charge is 2.14. The van der Waals surface area contributed by atoms with Gasteiger partial charge in [0.05, 0.1) is 19.7 Å². The van der Waals surface area contributed by atoms with E-state index >= 15 is 0 Å². The Labute approximate surface area is 106 Å². The predicted octanol–water partition coefficient (Wildman–Crippen LogP) is 2.22. The molecule has 1 amide bonds. The van der Waals surface area contributed by atoms with Crippen LogP contribution in [-0.4, -0.2) is 16.9 Å². The monoisotopic (exact) mass is 306 g/mol. The molecule has 0 aliphatic heterocycles. The minimum Gasteiger partial charge on any atom is -0.392 e. The number of amides is 1. The smallest absolute Gasteiger partial charge is 0.261 e. The lowest BCUT2D eigenvalue weighted by Gasteiger charge is -2.10. The number of carbonyl (C=O) groups is 1. The summed E-state index contributed by atoms with van der Waals surface area (Å²) in [7, 11) is 0. The normalized spacial score (nSPS) is 12.2. The SMILES string of the molecule is Cc1cc(C(=O)NC(C)C(N)=S)sc1Br.